The van der Waals surface area contributed by atoms with Gasteiger partial charge in [-0.05, 0) is 24.3 Å². The van der Waals surface area contributed by atoms with Gasteiger partial charge in [0.05, 0.1) is 39.6 Å². The number of aliphatic hydroxyl groups excluding tert-OH is 20. The lowest BCUT2D eigenvalue weighted by Crippen LogP contribution is -2.68. The number of nitrogens with two attached hydrogens (primary N) is 1. The molecule has 23 N–H and O–H groups in total. The maximum absolute atomic E-state index is 11.8. The Bertz CT molecular complexity index is 2190. The van der Waals surface area contributed by atoms with Crippen LogP contribution in [0.2, 0.25) is 0 Å². The van der Waals surface area contributed by atoms with Crippen LogP contribution in [0.15, 0.2) is 24.3 Å². The molecule has 36 heteroatoms. The molecule has 1 aromatic rings. The van der Waals surface area contributed by atoms with Crippen molar-refractivity contribution in [3.63, 3.8) is 0 Å². The number of benzene rings is 1. The third-order valence-electron chi connectivity index (χ3n) is 16.0. The molecule has 14 bridgehead atoms. The molecule has 482 valence electrons. The summed E-state index contributed by atoms with van der Waals surface area (Å²) < 4.78 is 81.2. The molecule has 1 aromatic carbocycles. The molecule has 36 nitrogen and oxygen atoms in total. The molecule has 0 unspecified atom stereocenters. The normalized spacial score (nSPS) is 51.6. The molecular formula is C48H76N2O34. The van der Waals surface area contributed by atoms with E-state index < -0.39 is 255 Å². The summed E-state index contributed by atoms with van der Waals surface area (Å²) in [4.78, 5) is 0. The van der Waals surface area contributed by atoms with Gasteiger partial charge in [-0.15, -0.1) is 0 Å². The van der Waals surface area contributed by atoms with Crippen molar-refractivity contribution in [2.75, 3.05) is 57.2 Å². The largest absolute Gasteiger partial charge is 0.399 e. The summed E-state index contributed by atoms with van der Waals surface area (Å²) in [6.07, 6.45) is -69.7. The van der Waals surface area contributed by atoms with Crippen molar-refractivity contribution in [2.24, 2.45) is 0 Å². The third-order valence-corrected chi connectivity index (χ3v) is 16.0. The fourth-order valence-corrected chi connectivity index (χ4v) is 11.3. The van der Waals surface area contributed by atoms with Gasteiger partial charge in [0.25, 0.3) is 0 Å². The summed E-state index contributed by atoms with van der Waals surface area (Å²) >= 11 is 0. The van der Waals surface area contributed by atoms with E-state index in [9.17, 15) is 102 Å². The Morgan fingerprint density at radius 3 is 0.631 bits per heavy atom. The average molecular weight is 1230 g/mol. The number of ether oxygens (including phenoxy) is 14. The van der Waals surface area contributed by atoms with Crippen LogP contribution in [-0.4, -0.2) is 363 Å². The Labute approximate surface area is 475 Å². The fraction of sp³-hybridized carbons (Fsp3) is 0.875. The molecule has 0 aromatic heterocycles. The first-order chi connectivity index (χ1) is 40.1. The first-order valence-corrected chi connectivity index (χ1v) is 27.0. The fourth-order valence-electron chi connectivity index (χ4n) is 11.3. The zero-order chi connectivity index (χ0) is 60.7. The van der Waals surface area contributed by atoms with E-state index in [0.717, 1.165) is 0 Å². The molecule has 0 amide bonds. The topological polar surface area (TPSA) is 572 Å². The zero-order valence-corrected chi connectivity index (χ0v) is 44.2. The lowest BCUT2D eigenvalue weighted by atomic mass is 9.95. The van der Waals surface area contributed by atoms with Crippen molar-refractivity contribution in [3.8, 4) is 0 Å². The van der Waals surface area contributed by atoms with Gasteiger partial charge in [-0.3, -0.25) is 0 Å². The molecule has 21 heterocycles. The van der Waals surface area contributed by atoms with E-state index in [1.54, 1.807) is 12.1 Å². The lowest BCUT2D eigenvalue weighted by Gasteiger charge is -2.50. The minimum atomic E-state index is -2.21. The second-order valence-corrected chi connectivity index (χ2v) is 21.5. The van der Waals surface area contributed by atoms with E-state index in [1.165, 1.54) is 12.1 Å². The standard InChI is InChI=1S/C48H76N2O34/c49-12-1-3-13(4-2-12)50-5-14-35-21(57)28(64)42(71-14)79-36-15(6-51)73-44(30(66)23(36)59)81-38-17(8-53)75-46(32(68)25(38)61)83-40-19(10-55)77-48(34(70)27(40)63)84-41-20(11-56)76-47(33(69)26(41)62)82-39-18(9-54)74-45(31(67)24(39)60)80-37-16(7-52)72-43(78-35)29(65)22(37)58/h1-4,14-48,50-70H,5-11,49H2/t14-,15-,16-,17-,18-,19-,20-,21-,22-,23-,24-,25-,26-,27-,28-,29-,30-,31-,32-,33-,34-,35-,36-,37-,38-,39-,40-,41-,42-,43-,44-,45-,46-,47-,48-/m1/s1. The highest BCUT2D eigenvalue weighted by Gasteiger charge is 2.59. The zero-order valence-electron chi connectivity index (χ0n) is 44.2. The van der Waals surface area contributed by atoms with E-state index in [1.807, 2.05) is 0 Å². The van der Waals surface area contributed by atoms with Gasteiger partial charge in [0, 0.05) is 17.9 Å². The number of nitrogen functional groups attached to an aromatic ring is 1. The van der Waals surface area contributed by atoms with E-state index in [-0.39, 0.29) is 6.54 Å². The molecule has 21 fully saturated rings. The van der Waals surface area contributed by atoms with Crippen molar-refractivity contribution in [3.05, 3.63) is 24.3 Å². The van der Waals surface area contributed by atoms with E-state index in [2.05, 4.69) is 5.32 Å². The quantitative estimate of drug-likeness (QED) is 0.102. The molecule has 22 rings (SSSR count). The molecule has 0 aliphatic carbocycles. The van der Waals surface area contributed by atoms with Gasteiger partial charge >= 0.3 is 0 Å². The Hall–Kier alpha value is -2.54. The Morgan fingerprint density at radius 1 is 0.262 bits per heavy atom. The lowest BCUT2D eigenvalue weighted by molar-refractivity contribution is -0.396. The summed E-state index contributed by atoms with van der Waals surface area (Å²) in [6, 6.07) is 6.19. The molecule has 84 heavy (non-hydrogen) atoms. The first kappa shape index (κ1) is 65.9. The molecule has 21 saturated heterocycles. The summed E-state index contributed by atoms with van der Waals surface area (Å²) in [5.41, 5.74) is 6.65. The van der Waals surface area contributed by atoms with Gasteiger partial charge in [0.15, 0.2) is 44.0 Å². The molecular weight excluding hydrogens is 1150 g/mol. The van der Waals surface area contributed by atoms with Gasteiger partial charge < -0.3 is 179 Å². The van der Waals surface area contributed by atoms with Gasteiger partial charge in [-0.25, -0.2) is 0 Å². The van der Waals surface area contributed by atoms with Gasteiger partial charge in [-0.2, -0.15) is 0 Å². The molecule has 0 radical (unpaired) electrons. The number of anilines is 2. The van der Waals surface area contributed by atoms with Crippen molar-refractivity contribution in [2.45, 2.75) is 215 Å². The van der Waals surface area contributed by atoms with Crippen LogP contribution in [0.3, 0.4) is 0 Å². The smallest absolute Gasteiger partial charge is 0.187 e. The van der Waals surface area contributed by atoms with E-state index in [4.69, 9.17) is 72.0 Å². The highest BCUT2D eigenvalue weighted by atomic mass is 16.8. The molecule has 0 saturated carbocycles. The second-order valence-electron chi connectivity index (χ2n) is 21.5. The Morgan fingerprint density at radius 2 is 0.440 bits per heavy atom. The van der Waals surface area contributed by atoms with Crippen LogP contribution in [-0.2, 0) is 66.3 Å². The highest BCUT2D eigenvalue weighted by Crippen LogP contribution is 2.39. The van der Waals surface area contributed by atoms with Crippen LogP contribution in [0.25, 0.3) is 0 Å². The number of hydrogen-bond donors (Lipinski definition) is 22. The van der Waals surface area contributed by atoms with Crippen LogP contribution < -0.4 is 11.1 Å². The molecule has 21 aliphatic rings. The van der Waals surface area contributed by atoms with Crippen LogP contribution in [0.4, 0.5) is 11.4 Å². The molecule has 21 aliphatic heterocycles. The van der Waals surface area contributed by atoms with Crippen molar-refractivity contribution >= 4 is 11.4 Å². The monoisotopic (exact) mass is 1220 g/mol. The number of rotatable bonds is 9. The third kappa shape index (κ3) is 13.2. The number of nitrogens with one attached hydrogen (secondary N) is 1. The summed E-state index contributed by atoms with van der Waals surface area (Å²) in [7, 11) is 0. The summed E-state index contributed by atoms with van der Waals surface area (Å²) in [6.45, 7) is -6.60. The summed E-state index contributed by atoms with van der Waals surface area (Å²) in [5.74, 6) is 0. The predicted octanol–water partition coefficient (Wildman–Crippen LogP) is -13.5. The second kappa shape index (κ2) is 28.1. The van der Waals surface area contributed by atoms with Crippen LogP contribution in [0, 0.1) is 0 Å². The maximum atomic E-state index is 11.8. The maximum Gasteiger partial charge on any atom is 0.187 e. The predicted molar refractivity (Wildman–Crippen MR) is 261 cm³/mol. The van der Waals surface area contributed by atoms with E-state index in [0.29, 0.717) is 11.4 Å². The minimum absolute atomic E-state index is 0.348. The van der Waals surface area contributed by atoms with Crippen LogP contribution in [0.5, 0.6) is 0 Å². The minimum Gasteiger partial charge on any atom is -0.399 e. The number of hydrogen-bond acceptors (Lipinski definition) is 36. The van der Waals surface area contributed by atoms with Gasteiger partial charge in [-0.1, -0.05) is 0 Å². The van der Waals surface area contributed by atoms with Gasteiger partial charge in [0.1, 0.15) is 171 Å². The van der Waals surface area contributed by atoms with Crippen LogP contribution in [0.1, 0.15) is 0 Å². The highest BCUT2D eigenvalue weighted by molar-refractivity contribution is 5.51. The molecule has 0 spiro atoms. The van der Waals surface area contributed by atoms with Gasteiger partial charge in [0.2, 0.25) is 0 Å². The Kier molecular flexibility index (Phi) is 22.0. The summed E-state index contributed by atoms with van der Waals surface area (Å²) in [5, 5.41) is 226. The van der Waals surface area contributed by atoms with Crippen molar-refractivity contribution < 1.29 is 168 Å². The number of aliphatic hydroxyl groups is 20. The molecule has 35 atom stereocenters. The Balaban J connectivity index is 1.02. The van der Waals surface area contributed by atoms with Crippen molar-refractivity contribution in [1.29, 1.82) is 0 Å². The first-order valence-electron chi connectivity index (χ1n) is 27.0. The van der Waals surface area contributed by atoms with E-state index >= 15 is 0 Å². The van der Waals surface area contributed by atoms with Crippen LogP contribution >= 0.6 is 0 Å². The average Bonchev–Trinajstić information content (AvgIpc) is 3.53. The van der Waals surface area contributed by atoms with Crippen molar-refractivity contribution in [1.82, 2.24) is 0 Å². The SMILES string of the molecule is Nc1ccc(NC[C@H]2O[C@@H]3O[C@H]4[C@H](O)[C@@H](O)[C@@H](O[C@H]5[C@H](O)[C@@H](O)[C@@H](O[C@H]6[C@H](O)[C@@H](O)[C@@H](O[C@H]7[C@H](O)[C@@H](O)[C@@H](O[C@H]8[C@H](O)[C@@H](O)[C@@H](O[C@H]9[C@H](O)[C@@H](O)[C@@H](O[C@H]2[C@H](O)[C@H]3O)O[C@@H]9CO)O[C@@H]8CO)O[C@@H]7CO)O[C@@H]6CO)O[C@@H]5CO)O[C@@H]4CO)cc1.